The first kappa shape index (κ1) is 49.8. The van der Waals surface area contributed by atoms with Gasteiger partial charge >= 0.3 is 0 Å². The molecule has 1 amide bonds. The fourth-order valence-electron chi connectivity index (χ4n) is 6.30. The number of rotatable bonds is 39. The first-order chi connectivity index (χ1) is 25.7. The molecule has 0 aliphatic carbocycles. The lowest BCUT2D eigenvalue weighted by Crippen LogP contribution is -2.45. The minimum Gasteiger partial charge on any atom is -0.394 e. The molecular formula is C48H85NO3. The maximum Gasteiger partial charge on any atom is 0.220 e. The first-order valence-corrected chi connectivity index (χ1v) is 22.2. The van der Waals surface area contributed by atoms with Crippen molar-refractivity contribution < 1.29 is 15.0 Å². The van der Waals surface area contributed by atoms with E-state index in [2.05, 4.69) is 79.9 Å². The molecule has 0 aliphatic heterocycles. The number of carbonyl (C=O) groups excluding carboxylic acids is 1. The van der Waals surface area contributed by atoms with Crippen LogP contribution in [0.4, 0.5) is 0 Å². The third-order valence-corrected chi connectivity index (χ3v) is 9.67. The molecule has 2 unspecified atom stereocenters. The molecule has 4 heteroatoms. The predicted octanol–water partition coefficient (Wildman–Crippen LogP) is 13.9. The van der Waals surface area contributed by atoms with Gasteiger partial charge in [0.2, 0.25) is 5.91 Å². The number of unbranched alkanes of at least 4 members (excludes halogenated alkanes) is 22. The van der Waals surface area contributed by atoms with E-state index in [0.29, 0.717) is 6.42 Å². The van der Waals surface area contributed by atoms with Crippen molar-refractivity contribution in [2.45, 2.75) is 219 Å². The van der Waals surface area contributed by atoms with Crippen LogP contribution in [0.3, 0.4) is 0 Å². The second kappa shape index (κ2) is 43.2. The SMILES string of the molecule is CC/C=C\C/C=C\C/C=C\C/C=C\CCCCCCCCC(=O)NC(CO)C(O)/C=C/CC/C=C/CCCCCCCCCCCCCCCCC. The summed E-state index contributed by atoms with van der Waals surface area (Å²) in [6.07, 6.45) is 61.5. The highest BCUT2D eigenvalue weighted by Gasteiger charge is 2.17. The topological polar surface area (TPSA) is 69.6 Å². The Kier molecular flexibility index (Phi) is 41.4. The van der Waals surface area contributed by atoms with Crippen LogP contribution in [0.5, 0.6) is 0 Å². The highest BCUT2D eigenvalue weighted by atomic mass is 16.3. The molecule has 300 valence electrons. The second-order valence-corrected chi connectivity index (χ2v) is 14.7. The van der Waals surface area contributed by atoms with E-state index in [4.69, 9.17) is 0 Å². The van der Waals surface area contributed by atoms with E-state index < -0.39 is 12.1 Å². The molecule has 0 aliphatic rings. The monoisotopic (exact) mass is 724 g/mol. The van der Waals surface area contributed by atoms with Crippen LogP contribution in [-0.2, 0) is 4.79 Å². The Labute approximate surface area is 323 Å². The minimum absolute atomic E-state index is 0.0902. The standard InChI is InChI=1S/C48H85NO3/c1-3-5-7-9-11-13-15-17-19-21-23-24-26-27-29-31-33-35-37-39-41-43-47(51)46(45-50)49-48(52)44-42-40-38-36-34-32-30-28-25-22-20-18-16-14-12-10-8-6-4-2/h6,8,12,14,18,20,25,28,33,35,41,43,46-47,50-51H,3-5,7,9-11,13,15-17,19,21-24,26-27,29-32,34,36-40,42,44-45H2,1-2H3,(H,49,52)/b8-6-,14-12-,20-18-,28-25-,35-33+,43-41+. The molecule has 0 bridgehead atoms. The maximum absolute atomic E-state index is 12.4. The number of hydrogen-bond donors (Lipinski definition) is 3. The number of aliphatic hydroxyl groups is 2. The Morgan fingerprint density at radius 1 is 0.481 bits per heavy atom. The smallest absolute Gasteiger partial charge is 0.220 e. The average Bonchev–Trinajstić information content (AvgIpc) is 3.15. The van der Waals surface area contributed by atoms with Crippen LogP contribution in [-0.4, -0.2) is 34.9 Å². The van der Waals surface area contributed by atoms with E-state index >= 15 is 0 Å². The summed E-state index contributed by atoms with van der Waals surface area (Å²) in [7, 11) is 0. The van der Waals surface area contributed by atoms with Gasteiger partial charge in [0.15, 0.2) is 0 Å². The fourth-order valence-corrected chi connectivity index (χ4v) is 6.30. The molecule has 0 fully saturated rings. The van der Waals surface area contributed by atoms with Crippen LogP contribution in [0.25, 0.3) is 0 Å². The van der Waals surface area contributed by atoms with E-state index in [9.17, 15) is 15.0 Å². The van der Waals surface area contributed by atoms with Gasteiger partial charge in [-0.25, -0.2) is 0 Å². The molecule has 0 aromatic carbocycles. The van der Waals surface area contributed by atoms with Crippen molar-refractivity contribution in [1.82, 2.24) is 5.32 Å². The second-order valence-electron chi connectivity index (χ2n) is 14.7. The lowest BCUT2D eigenvalue weighted by atomic mass is 10.0. The number of allylic oxidation sites excluding steroid dienone is 11. The number of aliphatic hydroxyl groups excluding tert-OH is 2. The molecule has 4 nitrogen and oxygen atoms in total. The van der Waals surface area contributed by atoms with Crippen molar-refractivity contribution >= 4 is 5.91 Å². The number of hydrogen-bond acceptors (Lipinski definition) is 3. The lowest BCUT2D eigenvalue weighted by molar-refractivity contribution is -0.123. The van der Waals surface area contributed by atoms with Crippen LogP contribution in [0.1, 0.15) is 206 Å². The van der Waals surface area contributed by atoms with Gasteiger partial charge in [0.25, 0.3) is 0 Å². The van der Waals surface area contributed by atoms with Gasteiger partial charge in [0, 0.05) is 6.42 Å². The van der Waals surface area contributed by atoms with Crippen molar-refractivity contribution in [1.29, 1.82) is 0 Å². The highest BCUT2D eigenvalue weighted by Crippen LogP contribution is 2.14. The van der Waals surface area contributed by atoms with E-state index in [-0.39, 0.29) is 12.5 Å². The molecule has 52 heavy (non-hydrogen) atoms. The van der Waals surface area contributed by atoms with Gasteiger partial charge in [-0.1, -0.05) is 202 Å². The Balaban J connectivity index is 3.66. The molecule has 0 aromatic rings. The van der Waals surface area contributed by atoms with Gasteiger partial charge in [-0.15, -0.1) is 0 Å². The van der Waals surface area contributed by atoms with Crippen molar-refractivity contribution in [3.63, 3.8) is 0 Å². The predicted molar refractivity (Wildman–Crippen MR) is 230 cm³/mol. The zero-order valence-electron chi connectivity index (χ0n) is 34.3. The summed E-state index contributed by atoms with van der Waals surface area (Å²) in [5.41, 5.74) is 0. The van der Waals surface area contributed by atoms with Gasteiger partial charge in [0.05, 0.1) is 18.8 Å². The van der Waals surface area contributed by atoms with Gasteiger partial charge in [-0.3, -0.25) is 4.79 Å². The van der Waals surface area contributed by atoms with Crippen LogP contribution in [0.2, 0.25) is 0 Å². The summed E-state index contributed by atoms with van der Waals surface area (Å²) >= 11 is 0. The van der Waals surface area contributed by atoms with Gasteiger partial charge < -0.3 is 15.5 Å². The minimum atomic E-state index is -0.872. The Morgan fingerprint density at radius 2 is 0.865 bits per heavy atom. The quantitative estimate of drug-likeness (QED) is 0.0437. The van der Waals surface area contributed by atoms with E-state index in [0.717, 1.165) is 70.6 Å². The summed E-state index contributed by atoms with van der Waals surface area (Å²) < 4.78 is 0. The van der Waals surface area contributed by atoms with E-state index in [1.54, 1.807) is 6.08 Å². The largest absolute Gasteiger partial charge is 0.394 e. The van der Waals surface area contributed by atoms with Crippen molar-refractivity contribution in [2.75, 3.05) is 6.61 Å². The highest BCUT2D eigenvalue weighted by molar-refractivity contribution is 5.76. The summed E-state index contributed by atoms with van der Waals surface area (Å²) in [4.78, 5) is 12.4. The van der Waals surface area contributed by atoms with Gasteiger partial charge in [0.1, 0.15) is 0 Å². The molecular weight excluding hydrogens is 639 g/mol. The molecule has 0 heterocycles. The van der Waals surface area contributed by atoms with Gasteiger partial charge in [-0.05, 0) is 70.6 Å². The van der Waals surface area contributed by atoms with Gasteiger partial charge in [-0.2, -0.15) is 0 Å². The normalized spacial score (nSPS) is 13.7. The maximum atomic E-state index is 12.4. The number of nitrogens with one attached hydrogen (secondary N) is 1. The summed E-state index contributed by atoms with van der Waals surface area (Å²) in [6.45, 7) is 4.18. The molecule has 0 rings (SSSR count). The molecule has 2 atom stereocenters. The Morgan fingerprint density at radius 3 is 1.35 bits per heavy atom. The van der Waals surface area contributed by atoms with Crippen LogP contribution < -0.4 is 5.32 Å². The zero-order valence-corrected chi connectivity index (χ0v) is 34.3. The average molecular weight is 724 g/mol. The number of amides is 1. The Bertz CT molecular complexity index is 915. The third kappa shape index (κ3) is 39.0. The fraction of sp³-hybridized carbons (Fsp3) is 0.729. The van der Waals surface area contributed by atoms with Crippen molar-refractivity contribution in [3.8, 4) is 0 Å². The first-order valence-electron chi connectivity index (χ1n) is 22.2. The van der Waals surface area contributed by atoms with Crippen LogP contribution in [0, 0.1) is 0 Å². The molecule has 0 saturated heterocycles. The molecule has 3 N–H and O–H groups in total. The molecule has 0 aromatic heterocycles. The third-order valence-electron chi connectivity index (χ3n) is 9.67. The Hall–Kier alpha value is -2.17. The summed E-state index contributed by atoms with van der Waals surface area (Å²) in [5, 5.41) is 23.0. The van der Waals surface area contributed by atoms with Crippen molar-refractivity contribution in [2.24, 2.45) is 0 Å². The van der Waals surface area contributed by atoms with Crippen LogP contribution in [0.15, 0.2) is 72.9 Å². The summed E-state index contributed by atoms with van der Waals surface area (Å²) in [6, 6.07) is -0.650. The van der Waals surface area contributed by atoms with E-state index in [1.807, 2.05) is 6.08 Å². The zero-order chi connectivity index (χ0) is 37.8. The molecule has 0 spiro atoms. The van der Waals surface area contributed by atoms with Crippen molar-refractivity contribution in [3.05, 3.63) is 72.9 Å². The lowest BCUT2D eigenvalue weighted by Gasteiger charge is -2.19. The van der Waals surface area contributed by atoms with Crippen LogP contribution >= 0.6 is 0 Å². The summed E-state index contributed by atoms with van der Waals surface area (Å²) in [5.74, 6) is -0.0902. The molecule has 0 saturated carbocycles. The van der Waals surface area contributed by atoms with E-state index in [1.165, 1.54) is 116 Å². The number of carbonyl (C=O) groups is 1. The molecule has 0 radical (unpaired) electrons.